The summed E-state index contributed by atoms with van der Waals surface area (Å²) in [6.45, 7) is -0.144. The molecular weight excluding hydrogens is 253 g/mol. The molecule has 1 heterocycles. The fourth-order valence-corrected chi connectivity index (χ4v) is 1.48. The van der Waals surface area contributed by atoms with Crippen LogP contribution in [0.5, 0.6) is 0 Å². The third-order valence-corrected chi connectivity index (χ3v) is 2.33. The van der Waals surface area contributed by atoms with Crippen LogP contribution in [0.3, 0.4) is 0 Å². The lowest BCUT2D eigenvalue weighted by atomic mass is 10.3. The number of amides is 1. The average molecular weight is 263 g/mol. The molecule has 0 saturated carbocycles. The smallest absolute Gasteiger partial charge is 0.356 e. The fraction of sp³-hybridized carbons (Fsp3) is 0.0833. The van der Waals surface area contributed by atoms with Gasteiger partial charge in [0.15, 0.2) is 5.69 Å². The number of carboxylic acids is 1. The second-order valence-electron chi connectivity index (χ2n) is 3.76. The standard InChI is InChI=1S/C12H10FN3O3/c13-8-3-1-2-4-9(8)15-11(17)6-16-5-10(12(18)19)14-7-16/h1-5,7H,6H2,(H,15,17)(H,18,19). The van der Waals surface area contributed by atoms with Crippen molar-refractivity contribution in [2.75, 3.05) is 5.32 Å². The summed E-state index contributed by atoms with van der Waals surface area (Å²) < 4.78 is 14.6. The molecule has 1 amide bonds. The van der Waals surface area contributed by atoms with Crippen molar-refractivity contribution in [3.63, 3.8) is 0 Å². The van der Waals surface area contributed by atoms with Crippen molar-refractivity contribution >= 4 is 17.6 Å². The molecule has 19 heavy (non-hydrogen) atoms. The molecule has 7 heteroatoms. The second-order valence-corrected chi connectivity index (χ2v) is 3.76. The van der Waals surface area contributed by atoms with E-state index in [0.717, 1.165) is 0 Å². The summed E-state index contributed by atoms with van der Waals surface area (Å²) in [4.78, 5) is 25.9. The van der Waals surface area contributed by atoms with Gasteiger partial charge in [-0.05, 0) is 12.1 Å². The van der Waals surface area contributed by atoms with Gasteiger partial charge in [0.05, 0.1) is 12.0 Å². The molecule has 1 aromatic carbocycles. The Bertz CT molecular complexity index is 624. The number of carbonyl (C=O) groups is 2. The summed E-state index contributed by atoms with van der Waals surface area (Å²) in [7, 11) is 0. The SMILES string of the molecule is O=C(Cn1cnc(C(=O)O)c1)Nc1ccccc1F. The summed E-state index contributed by atoms with van der Waals surface area (Å²) in [5.74, 6) is -2.18. The van der Waals surface area contributed by atoms with Crippen LogP contribution in [0.25, 0.3) is 0 Å². The number of carbonyl (C=O) groups excluding carboxylic acids is 1. The Balaban J connectivity index is 2.01. The third-order valence-electron chi connectivity index (χ3n) is 2.33. The van der Waals surface area contributed by atoms with Gasteiger partial charge < -0.3 is 15.0 Å². The van der Waals surface area contributed by atoms with Crippen molar-refractivity contribution in [3.05, 3.63) is 48.3 Å². The molecule has 2 rings (SSSR count). The molecule has 1 aromatic heterocycles. The van der Waals surface area contributed by atoms with Gasteiger partial charge in [0.25, 0.3) is 0 Å². The Labute approximate surface area is 107 Å². The van der Waals surface area contributed by atoms with Crippen molar-refractivity contribution < 1.29 is 19.1 Å². The van der Waals surface area contributed by atoms with Crippen molar-refractivity contribution in [2.24, 2.45) is 0 Å². The quantitative estimate of drug-likeness (QED) is 0.872. The summed E-state index contributed by atoms with van der Waals surface area (Å²) in [6.07, 6.45) is 2.45. The lowest BCUT2D eigenvalue weighted by Crippen LogP contribution is -2.18. The maximum atomic E-state index is 13.3. The summed E-state index contributed by atoms with van der Waals surface area (Å²) >= 11 is 0. The van der Waals surface area contributed by atoms with E-state index in [1.807, 2.05) is 0 Å². The van der Waals surface area contributed by atoms with E-state index in [1.165, 1.54) is 35.3 Å². The number of nitrogens with zero attached hydrogens (tertiary/aromatic N) is 2. The number of nitrogens with one attached hydrogen (secondary N) is 1. The molecule has 2 N–H and O–H groups in total. The topological polar surface area (TPSA) is 84.2 Å². The van der Waals surface area contributed by atoms with Gasteiger partial charge in [0.2, 0.25) is 5.91 Å². The first-order chi connectivity index (χ1) is 9.06. The monoisotopic (exact) mass is 263 g/mol. The lowest BCUT2D eigenvalue weighted by Gasteiger charge is -2.06. The molecule has 98 valence electrons. The first-order valence-electron chi connectivity index (χ1n) is 5.35. The molecule has 0 bridgehead atoms. The van der Waals surface area contributed by atoms with E-state index in [0.29, 0.717) is 0 Å². The van der Waals surface area contributed by atoms with E-state index < -0.39 is 17.7 Å². The molecule has 0 spiro atoms. The Morgan fingerprint density at radius 1 is 1.37 bits per heavy atom. The van der Waals surface area contributed by atoms with Gasteiger partial charge in [-0.1, -0.05) is 12.1 Å². The largest absolute Gasteiger partial charge is 0.476 e. The number of rotatable bonds is 4. The van der Waals surface area contributed by atoms with Gasteiger partial charge in [0, 0.05) is 6.20 Å². The normalized spacial score (nSPS) is 10.2. The van der Waals surface area contributed by atoms with Gasteiger partial charge in [-0.15, -0.1) is 0 Å². The van der Waals surface area contributed by atoms with Crippen LogP contribution in [-0.2, 0) is 11.3 Å². The van der Waals surface area contributed by atoms with Crippen LogP contribution in [0.15, 0.2) is 36.8 Å². The summed E-state index contributed by atoms with van der Waals surface area (Å²) in [6, 6.07) is 5.78. The first kappa shape index (κ1) is 12.7. The molecule has 6 nitrogen and oxygen atoms in total. The maximum absolute atomic E-state index is 13.3. The van der Waals surface area contributed by atoms with Crippen molar-refractivity contribution in [3.8, 4) is 0 Å². The van der Waals surface area contributed by atoms with Crippen LogP contribution in [-0.4, -0.2) is 26.5 Å². The van der Waals surface area contributed by atoms with E-state index in [9.17, 15) is 14.0 Å². The predicted molar refractivity (Wildman–Crippen MR) is 64.2 cm³/mol. The van der Waals surface area contributed by atoms with Crippen molar-refractivity contribution in [1.82, 2.24) is 9.55 Å². The van der Waals surface area contributed by atoms with Crippen LogP contribution in [0.1, 0.15) is 10.5 Å². The van der Waals surface area contributed by atoms with Gasteiger partial charge >= 0.3 is 5.97 Å². The Hall–Kier alpha value is -2.70. The van der Waals surface area contributed by atoms with E-state index in [4.69, 9.17) is 5.11 Å². The number of hydrogen-bond donors (Lipinski definition) is 2. The van der Waals surface area contributed by atoms with Crippen LogP contribution in [0.4, 0.5) is 10.1 Å². The van der Waals surface area contributed by atoms with Gasteiger partial charge in [-0.2, -0.15) is 0 Å². The predicted octanol–water partition coefficient (Wildman–Crippen LogP) is 1.36. The minimum Gasteiger partial charge on any atom is -0.476 e. The highest BCUT2D eigenvalue weighted by atomic mass is 19.1. The molecule has 0 radical (unpaired) electrons. The van der Waals surface area contributed by atoms with E-state index in [2.05, 4.69) is 10.3 Å². The van der Waals surface area contributed by atoms with E-state index in [1.54, 1.807) is 6.07 Å². The Kier molecular flexibility index (Phi) is 3.56. The summed E-state index contributed by atoms with van der Waals surface area (Å²) in [5, 5.41) is 11.1. The van der Waals surface area contributed by atoms with Gasteiger partial charge in [-0.25, -0.2) is 14.2 Å². The zero-order valence-corrected chi connectivity index (χ0v) is 9.71. The molecule has 2 aromatic rings. The average Bonchev–Trinajstić information content (AvgIpc) is 2.80. The molecule has 0 aliphatic heterocycles. The number of anilines is 1. The highest BCUT2D eigenvalue weighted by Crippen LogP contribution is 2.12. The van der Waals surface area contributed by atoms with Gasteiger partial charge in [0.1, 0.15) is 12.4 Å². The number of carboxylic acid groups (broad SMARTS) is 1. The highest BCUT2D eigenvalue weighted by Gasteiger charge is 2.10. The minimum absolute atomic E-state index is 0.0751. The number of benzene rings is 1. The molecule has 0 saturated heterocycles. The molecule has 0 aliphatic rings. The van der Waals surface area contributed by atoms with Gasteiger partial charge in [-0.3, -0.25) is 4.79 Å². The van der Waals surface area contributed by atoms with Crippen molar-refractivity contribution in [2.45, 2.75) is 6.54 Å². The highest BCUT2D eigenvalue weighted by molar-refractivity contribution is 5.91. The number of imidazole rings is 1. The number of halogens is 1. The molecule has 0 unspecified atom stereocenters. The Morgan fingerprint density at radius 3 is 2.74 bits per heavy atom. The molecule has 0 atom stereocenters. The minimum atomic E-state index is -1.17. The zero-order valence-electron chi connectivity index (χ0n) is 9.71. The number of hydrogen-bond acceptors (Lipinski definition) is 3. The zero-order chi connectivity index (χ0) is 13.8. The van der Waals surface area contributed by atoms with Crippen molar-refractivity contribution in [1.29, 1.82) is 0 Å². The molecule has 0 fully saturated rings. The number of aromatic nitrogens is 2. The lowest BCUT2D eigenvalue weighted by molar-refractivity contribution is -0.116. The third kappa shape index (κ3) is 3.15. The van der Waals surface area contributed by atoms with E-state index in [-0.39, 0.29) is 17.9 Å². The number of para-hydroxylation sites is 1. The summed E-state index contributed by atoms with van der Waals surface area (Å²) in [5.41, 5.74) is -0.0789. The fourth-order valence-electron chi connectivity index (χ4n) is 1.48. The Morgan fingerprint density at radius 2 is 2.11 bits per heavy atom. The maximum Gasteiger partial charge on any atom is 0.356 e. The molecule has 0 aliphatic carbocycles. The molecular formula is C12H10FN3O3. The van der Waals surface area contributed by atoms with E-state index >= 15 is 0 Å². The first-order valence-corrected chi connectivity index (χ1v) is 5.35. The van der Waals surface area contributed by atoms with Crippen LogP contribution < -0.4 is 5.32 Å². The van der Waals surface area contributed by atoms with Crippen LogP contribution in [0, 0.1) is 5.82 Å². The number of aromatic carboxylic acids is 1. The van der Waals surface area contributed by atoms with Crippen LogP contribution in [0.2, 0.25) is 0 Å². The second kappa shape index (κ2) is 5.30. The van der Waals surface area contributed by atoms with Crippen LogP contribution >= 0.6 is 0 Å².